The topological polar surface area (TPSA) is 42.3 Å². The number of pyridine rings is 1. The molecule has 3 nitrogen and oxygen atoms in total. The molecular formula is C20H17ClN2O. The maximum Gasteiger partial charge on any atom is 0.162 e. The summed E-state index contributed by atoms with van der Waals surface area (Å²) in [4.78, 5) is 20.7. The van der Waals surface area contributed by atoms with E-state index in [1.54, 1.807) is 25.4 Å². The van der Waals surface area contributed by atoms with Crippen LogP contribution in [0.25, 0.3) is 10.8 Å². The normalized spacial score (nSPS) is 11.3. The molecule has 1 heterocycles. The zero-order valence-electron chi connectivity index (χ0n) is 13.6. The molecule has 0 bridgehead atoms. The van der Waals surface area contributed by atoms with Gasteiger partial charge < -0.3 is 0 Å². The monoisotopic (exact) mass is 336 g/mol. The lowest BCUT2D eigenvalue weighted by atomic mass is 9.93. The quantitative estimate of drug-likeness (QED) is 0.363. The molecule has 0 aliphatic heterocycles. The van der Waals surface area contributed by atoms with Crippen LogP contribution in [-0.4, -0.2) is 17.0 Å². The van der Waals surface area contributed by atoms with Crippen molar-refractivity contribution in [3.63, 3.8) is 0 Å². The number of aliphatic imine (C=N–C) groups is 1. The third kappa shape index (κ3) is 3.22. The van der Waals surface area contributed by atoms with E-state index in [9.17, 15) is 4.79 Å². The van der Waals surface area contributed by atoms with Crippen molar-refractivity contribution in [2.45, 2.75) is 20.3 Å². The number of nitrogens with zero attached hydrogens (tertiary/aromatic N) is 2. The second kappa shape index (κ2) is 6.93. The van der Waals surface area contributed by atoms with Crippen LogP contribution in [0.4, 0.5) is 5.69 Å². The fourth-order valence-electron chi connectivity index (χ4n) is 2.85. The van der Waals surface area contributed by atoms with Gasteiger partial charge in [0.1, 0.15) is 5.15 Å². The number of aromatic nitrogens is 1. The zero-order valence-corrected chi connectivity index (χ0v) is 14.3. The van der Waals surface area contributed by atoms with Gasteiger partial charge in [0, 0.05) is 23.4 Å². The Morgan fingerprint density at radius 1 is 1.21 bits per heavy atom. The van der Waals surface area contributed by atoms with E-state index >= 15 is 0 Å². The number of ketones is 1. The summed E-state index contributed by atoms with van der Waals surface area (Å²) in [5.41, 5.74) is 3.50. The number of Topliss-reactive ketones (excluding diaryl/α,β-unsaturated/α-hetero) is 1. The van der Waals surface area contributed by atoms with Gasteiger partial charge in [-0.15, -0.1) is 0 Å². The van der Waals surface area contributed by atoms with E-state index in [1.807, 2.05) is 37.3 Å². The number of carbonyl (C=O) groups is 1. The van der Waals surface area contributed by atoms with Crippen molar-refractivity contribution in [3.8, 4) is 0 Å². The Bertz CT molecular complexity index is 930. The molecule has 24 heavy (non-hydrogen) atoms. The van der Waals surface area contributed by atoms with E-state index in [1.165, 1.54) is 0 Å². The molecule has 4 heteroatoms. The van der Waals surface area contributed by atoms with E-state index < -0.39 is 0 Å². The second-order valence-electron chi connectivity index (χ2n) is 5.59. The minimum Gasteiger partial charge on any atom is -0.294 e. The number of halogens is 1. The molecule has 0 aliphatic carbocycles. The lowest BCUT2D eigenvalue weighted by Crippen LogP contribution is -1.99. The Morgan fingerprint density at radius 3 is 2.58 bits per heavy atom. The predicted octanol–water partition coefficient (Wildman–Crippen LogP) is 5.40. The van der Waals surface area contributed by atoms with Crippen LogP contribution in [0, 0.1) is 0 Å². The molecule has 0 spiro atoms. The highest BCUT2D eigenvalue weighted by atomic mass is 35.5. The van der Waals surface area contributed by atoms with E-state index in [0.717, 1.165) is 27.6 Å². The Morgan fingerprint density at radius 2 is 1.96 bits per heavy atom. The van der Waals surface area contributed by atoms with Crippen LogP contribution in [-0.2, 0) is 6.42 Å². The lowest BCUT2D eigenvalue weighted by molar-refractivity contribution is 0.101. The summed E-state index contributed by atoms with van der Waals surface area (Å²) in [6, 6.07) is 13.7. The summed E-state index contributed by atoms with van der Waals surface area (Å²) in [7, 11) is 0. The van der Waals surface area contributed by atoms with Crippen molar-refractivity contribution in [2.75, 3.05) is 0 Å². The molecule has 0 unspecified atom stereocenters. The van der Waals surface area contributed by atoms with Crippen molar-refractivity contribution in [3.05, 3.63) is 70.5 Å². The van der Waals surface area contributed by atoms with E-state index in [-0.39, 0.29) is 5.78 Å². The first kappa shape index (κ1) is 16.3. The summed E-state index contributed by atoms with van der Waals surface area (Å²) in [5.74, 6) is 0.0110. The summed E-state index contributed by atoms with van der Waals surface area (Å²) < 4.78 is 0. The molecule has 0 saturated carbocycles. The van der Waals surface area contributed by atoms with Gasteiger partial charge in [0.25, 0.3) is 0 Å². The predicted molar refractivity (Wildman–Crippen MR) is 99.8 cm³/mol. The Labute approximate surface area is 146 Å². The maximum atomic E-state index is 12.1. The fourth-order valence-corrected chi connectivity index (χ4v) is 2.96. The van der Waals surface area contributed by atoms with Crippen LogP contribution >= 0.6 is 11.6 Å². The number of benzene rings is 2. The molecule has 3 rings (SSSR count). The molecule has 0 aliphatic rings. The summed E-state index contributed by atoms with van der Waals surface area (Å²) in [6.07, 6.45) is 4.17. The van der Waals surface area contributed by atoms with Gasteiger partial charge in [0.05, 0.1) is 5.69 Å². The highest BCUT2D eigenvalue weighted by Crippen LogP contribution is 2.34. The number of rotatable bonds is 4. The van der Waals surface area contributed by atoms with Gasteiger partial charge in [0.2, 0.25) is 0 Å². The number of hydrogen-bond donors (Lipinski definition) is 0. The van der Waals surface area contributed by atoms with Gasteiger partial charge >= 0.3 is 0 Å². The number of carbonyl (C=O) groups excluding carboxylic acids is 1. The lowest BCUT2D eigenvalue weighted by Gasteiger charge is -2.13. The first-order chi connectivity index (χ1) is 11.6. The second-order valence-corrected chi connectivity index (χ2v) is 5.97. The Kier molecular flexibility index (Phi) is 4.72. The van der Waals surface area contributed by atoms with Crippen LogP contribution in [0.2, 0.25) is 5.15 Å². The summed E-state index contributed by atoms with van der Waals surface area (Å²) >= 11 is 5.86. The zero-order chi connectivity index (χ0) is 17.1. The number of fused-ring (bicyclic) bond motifs is 1. The molecule has 1 aromatic heterocycles. The molecule has 0 radical (unpaired) electrons. The highest BCUT2D eigenvalue weighted by Gasteiger charge is 2.14. The Balaban J connectivity index is 2.22. The van der Waals surface area contributed by atoms with Crippen molar-refractivity contribution >= 4 is 40.1 Å². The third-order valence-electron chi connectivity index (χ3n) is 3.92. The molecule has 0 saturated heterocycles. The van der Waals surface area contributed by atoms with Crippen LogP contribution in [0.1, 0.15) is 35.3 Å². The number of hydrogen-bond acceptors (Lipinski definition) is 3. The minimum atomic E-state index is 0.0110. The van der Waals surface area contributed by atoms with Crippen LogP contribution in [0.3, 0.4) is 0 Å². The smallest absolute Gasteiger partial charge is 0.162 e. The largest absolute Gasteiger partial charge is 0.294 e. The molecule has 0 fully saturated rings. The molecule has 3 aromatic rings. The van der Waals surface area contributed by atoms with Gasteiger partial charge in [-0.05, 0) is 48.9 Å². The van der Waals surface area contributed by atoms with Crippen molar-refractivity contribution in [1.82, 2.24) is 4.98 Å². The standard InChI is InChI=1S/C20H17ClN2O/c1-3-22-20-17-7-5-4-6-16(17)15(11-18(20)13(2)24)10-14-8-9-19(21)23-12-14/h3-9,11-12H,10H2,1-2H3. The average Bonchev–Trinajstić information content (AvgIpc) is 2.58. The Hall–Kier alpha value is -2.52. The van der Waals surface area contributed by atoms with Gasteiger partial charge in [-0.3, -0.25) is 9.79 Å². The fraction of sp³-hybridized carbons (Fsp3) is 0.150. The van der Waals surface area contributed by atoms with Crippen LogP contribution in [0.15, 0.2) is 53.7 Å². The van der Waals surface area contributed by atoms with Crippen molar-refractivity contribution < 1.29 is 4.79 Å². The van der Waals surface area contributed by atoms with E-state index in [2.05, 4.69) is 16.0 Å². The molecule has 120 valence electrons. The average molecular weight is 337 g/mol. The van der Waals surface area contributed by atoms with Gasteiger partial charge in [-0.25, -0.2) is 4.98 Å². The van der Waals surface area contributed by atoms with Gasteiger partial charge in [0.15, 0.2) is 5.78 Å². The molecular weight excluding hydrogens is 320 g/mol. The maximum absolute atomic E-state index is 12.1. The van der Waals surface area contributed by atoms with E-state index in [4.69, 9.17) is 11.6 Å². The molecule has 0 amide bonds. The molecule has 0 atom stereocenters. The van der Waals surface area contributed by atoms with Gasteiger partial charge in [-0.2, -0.15) is 0 Å². The van der Waals surface area contributed by atoms with Crippen LogP contribution in [0.5, 0.6) is 0 Å². The summed E-state index contributed by atoms with van der Waals surface area (Å²) in [6.45, 7) is 3.43. The third-order valence-corrected chi connectivity index (χ3v) is 4.15. The molecule has 0 N–H and O–H groups in total. The molecule has 2 aromatic carbocycles. The first-order valence-corrected chi connectivity index (χ1v) is 8.12. The summed E-state index contributed by atoms with van der Waals surface area (Å²) in [5, 5.41) is 2.55. The van der Waals surface area contributed by atoms with Gasteiger partial charge in [-0.1, -0.05) is 41.9 Å². The minimum absolute atomic E-state index is 0.0110. The van der Waals surface area contributed by atoms with Crippen molar-refractivity contribution in [2.24, 2.45) is 4.99 Å². The van der Waals surface area contributed by atoms with Crippen LogP contribution < -0.4 is 0 Å². The highest BCUT2D eigenvalue weighted by molar-refractivity contribution is 6.29. The SMILES string of the molecule is CC=Nc1c(C(C)=O)cc(Cc2ccc(Cl)nc2)c2ccccc12. The van der Waals surface area contributed by atoms with Crippen molar-refractivity contribution in [1.29, 1.82) is 0 Å². The van der Waals surface area contributed by atoms with E-state index in [0.29, 0.717) is 17.1 Å². The first-order valence-electron chi connectivity index (χ1n) is 7.75.